The summed E-state index contributed by atoms with van der Waals surface area (Å²) in [6.45, 7) is 4.74. The number of aliphatic hydroxyl groups excluding tert-OH is 1. The lowest BCUT2D eigenvalue weighted by atomic mass is 10.0. The Morgan fingerprint density at radius 3 is 2.76 bits per heavy atom. The molecule has 17 heavy (non-hydrogen) atoms. The second-order valence-corrected chi connectivity index (χ2v) is 5.59. The maximum atomic E-state index is 9.55. The Balaban J connectivity index is 1.96. The molecule has 2 rings (SSSR count). The zero-order valence-electron chi connectivity index (χ0n) is 9.87. The van der Waals surface area contributed by atoms with E-state index in [4.69, 9.17) is 23.2 Å². The lowest BCUT2D eigenvalue weighted by Crippen LogP contribution is -2.23. The van der Waals surface area contributed by atoms with E-state index in [9.17, 15) is 5.11 Å². The topological polar surface area (TPSA) is 23.5 Å². The van der Waals surface area contributed by atoms with Crippen molar-refractivity contribution in [3.05, 3.63) is 33.8 Å². The van der Waals surface area contributed by atoms with Gasteiger partial charge in [0.05, 0.1) is 16.1 Å². The van der Waals surface area contributed by atoms with Crippen LogP contribution in [0.15, 0.2) is 18.2 Å². The first-order valence-electron chi connectivity index (χ1n) is 5.90. The van der Waals surface area contributed by atoms with Crippen LogP contribution in [-0.4, -0.2) is 29.2 Å². The third-order valence-corrected chi connectivity index (χ3v) is 4.12. The van der Waals surface area contributed by atoms with Crippen molar-refractivity contribution in [2.45, 2.75) is 26.0 Å². The van der Waals surface area contributed by atoms with Crippen molar-refractivity contribution in [1.82, 2.24) is 4.90 Å². The fraction of sp³-hybridized carbons (Fsp3) is 0.538. The van der Waals surface area contributed by atoms with Gasteiger partial charge in [0, 0.05) is 13.1 Å². The van der Waals surface area contributed by atoms with Crippen LogP contribution in [0.25, 0.3) is 0 Å². The van der Waals surface area contributed by atoms with Crippen LogP contribution in [0.3, 0.4) is 0 Å². The van der Waals surface area contributed by atoms with Gasteiger partial charge < -0.3 is 5.11 Å². The zero-order chi connectivity index (χ0) is 12.4. The van der Waals surface area contributed by atoms with Crippen molar-refractivity contribution >= 4 is 23.2 Å². The van der Waals surface area contributed by atoms with Crippen LogP contribution in [-0.2, 0) is 6.54 Å². The van der Waals surface area contributed by atoms with Gasteiger partial charge in [-0.15, -0.1) is 0 Å². The first-order chi connectivity index (χ1) is 8.06. The molecule has 1 aromatic rings. The molecule has 4 heteroatoms. The average molecular weight is 274 g/mol. The summed E-state index contributed by atoms with van der Waals surface area (Å²) in [7, 11) is 0. The van der Waals surface area contributed by atoms with Crippen LogP contribution in [0.2, 0.25) is 10.0 Å². The van der Waals surface area contributed by atoms with E-state index < -0.39 is 0 Å². The molecule has 0 aromatic heterocycles. The lowest BCUT2D eigenvalue weighted by molar-refractivity contribution is 0.127. The van der Waals surface area contributed by atoms with Crippen molar-refractivity contribution in [3.8, 4) is 0 Å². The van der Waals surface area contributed by atoms with Gasteiger partial charge in [-0.05, 0) is 43.5 Å². The molecule has 2 nitrogen and oxygen atoms in total. The summed E-state index contributed by atoms with van der Waals surface area (Å²) in [6, 6.07) is 5.75. The molecule has 94 valence electrons. The van der Waals surface area contributed by atoms with Crippen LogP contribution < -0.4 is 0 Å². The molecule has 0 bridgehead atoms. The molecule has 1 saturated heterocycles. The predicted octanol–water partition coefficient (Wildman–Crippen LogP) is 3.20. The van der Waals surface area contributed by atoms with E-state index in [0.717, 1.165) is 26.1 Å². The molecule has 1 N–H and O–H groups in total. The summed E-state index contributed by atoms with van der Waals surface area (Å²) < 4.78 is 0. The standard InChI is InChI=1S/C13H17Cl2NO/c1-9(17)11-4-5-16(8-11)7-10-2-3-12(14)13(15)6-10/h2-3,6,9,11,17H,4-5,7-8H2,1H3. The molecule has 1 aliphatic rings. The Bertz CT molecular complexity index is 395. The van der Waals surface area contributed by atoms with Gasteiger partial charge in [-0.2, -0.15) is 0 Å². The molecule has 0 saturated carbocycles. The van der Waals surface area contributed by atoms with Gasteiger partial charge in [0.2, 0.25) is 0 Å². The molecule has 0 aliphatic carbocycles. The minimum Gasteiger partial charge on any atom is -0.393 e. The average Bonchev–Trinajstić information content (AvgIpc) is 2.72. The van der Waals surface area contributed by atoms with Crippen LogP contribution in [0.5, 0.6) is 0 Å². The summed E-state index contributed by atoms with van der Waals surface area (Å²) in [5.41, 5.74) is 1.17. The third kappa shape index (κ3) is 3.35. The highest BCUT2D eigenvalue weighted by atomic mass is 35.5. The first-order valence-corrected chi connectivity index (χ1v) is 6.66. The van der Waals surface area contributed by atoms with E-state index in [1.165, 1.54) is 5.56 Å². The quantitative estimate of drug-likeness (QED) is 0.915. The number of aliphatic hydroxyl groups is 1. The number of rotatable bonds is 3. The lowest BCUT2D eigenvalue weighted by Gasteiger charge is -2.17. The number of hydrogen-bond donors (Lipinski definition) is 1. The van der Waals surface area contributed by atoms with Gasteiger partial charge in [-0.25, -0.2) is 0 Å². The minimum absolute atomic E-state index is 0.214. The molecule has 2 unspecified atom stereocenters. The zero-order valence-corrected chi connectivity index (χ0v) is 11.4. The monoisotopic (exact) mass is 273 g/mol. The summed E-state index contributed by atoms with van der Waals surface area (Å²) >= 11 is 11.9. The number of nitrogens with zero attached hydrogens (tertiary/aromatic N) is 1. The highest BCUT2D eigenvalue weighted by molar-refractivity contribution is 6.42. The normalized spacial score (nSPS) is 22.9. The van der Waals surface area contributed by atoms with Crippen molar-refractivity contribution in [3.63, 3.8) is 0 Å². The van der Waals surface area contributed by atoms with Crippen molar-refractivity contribution in [1.29, 1.82) is 0 Å². The third-order valence-electron chi connectivity index (χ3n) is 3.38. The minimum atomic E-state index is -0.214. The summed E-state index contributed by atoms with van der Waals surface area (Å²) in [4.78, 5) is 2.34. The molecular formula is C13H17Cl2NO. The number of hydrogen-bond acceptors (Lipinski definition) is 2. The van der Waals surface area contributed by atoms with Gasteiger partial charge >= 0.3 is 0 Å². The molecule has 1 heterocycles. The van der Waals surface area contributed by atoms with E-state index >= 15 is 0 Å². The second-order valence-electron chi connectivity index (χ2n) is 4.77. The Hall–Kier alpha value is -0.280. The van der Waals surface area contributed by atoms with Crippen LogP contribution in [0.4, 0.5) is 0 Å². The van der Waals surface area contributed by atoms with E-state index in [1.807, 2.05) is 25.1 Å². The van der Waals surface area contributed by atoms with Crippen molar-refractivity contribution in [2.24, 2.45) is 5.92 Å². The molecule has 1 aromatic carbocycles. The summed E-state index contributed by atoms with van der Waals surface area (Å²) in [5.74, 6) is 0.401. The van der Waals surface area contributed by atoms with Crippen LogP contribution in [0, 0.1) is 5.92 Å². The Labute approximate surface area is 112 Å². The molecule has 0 spiro atoms. The molecule has 1 aliphatic heterocycles. The molecule has 1 fully saturated rings. The van der Waals surface area contributed by atoms with Gasteiger partial charge in [0.25, 0.3) is 0 Å². The first kappa shape index (κ1) is 13.2. The van der Waals surface area contributed by atoms with Gasteiger partial charge in [-0.1, -0.05) is 29.3 Å². The fourth-order valence-corrected chi connectivity index (χ4v) is 2.62. The molecule has 0 amide bonds. The predicted molar refractivity (Wildman–Crippen MR) is 71.5 cm³/mol. The van der Waals surface area contributed by atoms with Crippen molar-refractivity contribution < 1.29 is 5.11 Å². The van der Waals surface area contributed by atoms with E-state index in [0.29, 0.717) is 16.0 Å². The highest BCUT2D eigenvalue weighted by Crippen LogP contribution is 2.25. The SMILES string of the molecule is CC(O)C1CCN(Cc2ccc(Cl)c(Cl)c2)C1. The van der Waals surface area contributed by atoms with E-state index in [2.05, 4.69) is 4.90 Å². The van der Waals surface area contributed by atoms with E-state index in [-0.39, 0.29) is 6.10 Å². The van der Waals surface area contributed by atoms with E-state index in [1.54, 1.807) is 0 Å². The van der Waals surface area contributed by atoms with Crippen LogP contribution in [0.1, 0.15) is 18.9 Å². The molecular weight excluding hydrogens is 257 g/mol. The van der Waals surface area contributed by atoms with Gasteiger partial charge in [0.15, 0.2) is 0 Å². The van der Waals surface area contributed by atoms with Crippen molar-refractivity contribution in [2.75, 3.05) is 13.1 Å². The Kier molecular flexibility index (Phi) is 4.31. The molecule has 2 atom stereocenters. The Morgan fingerprint density at radius 1 is 1.41 bits per heavy atom. The number of likely N-dealkylation sites (tertiary alicyclic amines) is 1. The smallest absolute Gasteiger partial charge is 0.0595 e. The summed E-state index contributed by atoms with van der Waals surface area (Å²) in [5, 5.41) is 10.8. The highest BCUT2D eigenvalue weighted by Gasteiger charge is 2.25. The maximum Gasteiger partial charge on any atom is 0.0595 e. The van der Waals surface area contributed by atoms with Crippen LogP contribution >= 0.6 is 23.2 Å². The largest absolute Gasteiger partial charge is 0.393 e. The van der Waals surface area contributed by atoms with Gasteiger partial charge in [0.1, 0.15) is 0 Å². The maximum absolute atomic E-state index is 9.55. The van der Waals surface area contributed by atoms with Gasteiger partial charge in [-0.3, -0.25) is 4.90 Å². The fourth-order valence-electron chi connectivity index (χ4n) is 2.30. The second kappa shape index (κ2) is 5.57. The molecule has 0 radical (unpaired) electrons. The number of halogens is 2. The Morgan fingerprint density at radius 2 is 2.18 bits per heavy atom. The summed E-state index contributed by atoms with van der Waals surface area (Å²) in [6.07, 6.45) is 0.854. The number of benzene rings is 1.